The van der Waals surface area contributed by atoms with Gasteiger partial charge in [0, 0.05) is 33.5 Å². The Bertz CT molecular complexity index is 555. The van der Waals surface area contributed by atoms with Gasteiger partial charge in [0.15, 0.2) is 6.61 Å². The Kier molecular flexibility index (Phi) is 8.32. The second kappa shape index (κ2) is 10.3. The van der Waals surface area contributed by atoms with Crippen molar-refractivity contribution in [3.8, 4) is 5.75 Å². The number of nitrogens with one attached hydrogen (secondary N) is 1. The molecular weight excluding hydrogens is 312 g/mol. The third-order valence-corrected chi connectivity index (χ3v) is 3.31. The number of amides is 2. The molecule has 24 heavy (non-hydrogen) atoms. The van der Waals surface area contributed by atoms with Gasteiger partial charge in [-0.25, -0.2) is 4.79 Å². The van der Waals surface area contributed by atoms with Crippen LogP contribution in [-0.4, -0.2) is 55.0 Å². The summed E-state index contributed by atoms with van der Waals surface area (Å²) in [6, 6.07) is 7.07. The fourth-order valence-corrected chi connectivity index (χ4v) is 1.96. The molecule has 7 nitrogen and oxygen atoms in total. The van der Waals surface area contributed by atoms with Crippen LogP contribution >= 0.6 is 0 Å². The normalized spacial score (nSPS) is 10.1. The van der Waals surface area contributed by atoms with Crippen molar-refractivity contribution in [2.45, 2.75) is 25.7 Å². The lowest BCUT2D eigenvalue weighted by molar-refractivity contribution is -0.139. The molecule has 0 atom stereocenters. The summed E-state index contributed by atoms with van der Waals surface area (Å²) < 4.78 is 5.05. The Morgan fingerprint density at radius 2 is 1.79 bits per heavy atom. The molecule has 1 aromatic carbocycles. The number of rotatable bonds is 10. The molecule has 0 radical (unpaired) electrons. The molecule has 1 aromatic rings. The maximum absolute atomic E-state index is 11.7. The summed E-state index contributed by atoms with van der Waals surface area (Å²) in [6.45, 7) is 0.140. The van der Waals surface area contributed by atoms with E-state index >= 15 is 0 Å². The quantitative estimate of drug-likeness (QED) is 0.666. The van der Waals surface area contributed by atoms with Crippen LogP contribution in [0, 0.1) is 0 Å². The second-order valence-corrected chi connectivity index (χ2v) is 5.57. The molecule has 0 saturated heterocycles. The average molecular weight is 336 g/mol. The van der Waals surface area contributed by atoms with Crippen LogP contribution in [0.1, 0.15) is 24.8 Å². The zero-order chi connectivity index (χ0) is 17.9. The lowest BCUT2D eigenvalue weighted by Crippen LogP contribution is -2.26. The first-order valence-electron chi connectivity index (χ1n) is 7.79. The van der Waals surface area contributed by atoms with Crippen LogP contribution in [0.25, 0.3) is 0 Å². The molecule has 2 N–H and O–H groups in total. The van der Waals surface area contributed by atoms with Gasteiger partial charge in [-0.05, 0) is 30.5 Å². The molecule has 0 aliphatic carbocycles. The highest BCUT2D eigenvalue weighted by atomic mass is 16.5. The number of carbonyl (C=O) groups is 3. The van der Waals surface area contributed by atoms with Gasteiger partial charge in [-0.3, -0.25) is 9.59 Å². The van der Waals surface area contributed by atoms with Crippen molar-refractivity contribution in [3.63, 3.8) is 0 Å². The number of benzene rings is 1. The van der Waals surface area contributed by atoms with E-state index in [1.54, 1.807) is 26.2 Å². The van der Waals surface area contributed by atoms with Crippen molar-refractivity contribution in [1.82, 2.24) is 10.2 Å². The molecule has 2 amide bonds. The number of aliphatic carboxylic acids is 1. The van der Waals surface area contributed by atoms with E-state index in [-0.39, 0.29) is 18.4 Å². The van der Waals surface area contributed by atoms with E-state index in [2.05, 4.69) is 5.32 Å². The summed E-state index contributed by atoms with van der Waals surface area (Å²) in [6.07, 6.45) is 1.92. The van der Waals surface area contributed by atoms with Crippen LogP contribution in [0.2, 0.25) is 0 Å². The highest BCUT2D eigenvalue weighted by molar-refractivity contribution is 5.78. The van der Waals surface area contributed by atoms with E-state index in [9.17, 15) is 14.4 Å². The molecule has 0 spiro atoms. The van der Waals surface area contributed by atoms with Crippen LogP contribution in [0.5, 0.6) is 5.75 Å². The van der Waals surface area contributed by atoms with Crippen LogP contribution in [0.4, 0.5) is 0 Å². The summed E-state index contributed by atoms with van der Waals surface area (Å²) >= 11 is 0. The standard InChI is InChI=1S/C17H24N2O5/c1-19(2)16(21)5-3-4-15(20)18-11-10-13-6-8-14(9-7-13)24-12-17(22)23/h6-9H,3-5,10-12H2,1-2H3,(H,18,20)(H,22,23). The molecule has 0 aliphatic rings. The van der Waals surface area contributed by atoms with Crippen LogP contribution < -0.4 is 10.1 Å². The maximum atomic E-state index is 11.7. The molecule has 0 heterocycles. The Morgan fingerprint density at radius 1 is 1.12 bits per heavy atom. The largest absolute Gasteiger partial charge is 0.482 e. The Labute approximate surface area is 141 Å². The molecule has 1 rings (SSSR count). The molecule has 0 saturated carbocycles. The van der Waals surface area contributed by atoms with E-state index < -0.39 is 5.97 Å². The third kappa shape index (κ3) is 8.17. The Morgan fingerprint density at radius 3 is 2.38 bits per heavy atom. The molecule has 0 bridgehead atoms. The number of carboxylic acid groups (broad SMARTS) is 1. The number of carbonyl (C=O) groups excluding carboxylic acids is 2. The van der Waals surface area contributed by atoms with Crippen molar-refractivity contribution >= 4 is 17.8 Å². The summed E-state index contributed by atoms with van der Waals surface area (Å²) in [5.41, 5.74) is 1.01. The minimum atomic E-state index is -1.02. The minimum Gasteiger partial charge on any atom is -0.482 e. The van der Waals surface area contributed by atoms with Crippen LogP contribution in [0.15, 0.2) is 24.3 Å². The minimum absolute atomic E-state index is 0.0213. The predicted octanol–water partition coefficient (Wildman–Crippen LogP) is 1.07. The first-order valence-corrected chi connectivity index (χ1v) is 7.79. The van der Waals surface area contributed by atoms with Gasteiger partial charge in [0.2, 0.25) is 11.8 Å². The van der Waals surface area contributed by atoms with Gasteiger partial charge >= 0.3 is 5.97 Å². The average Bonchev–Trinajstić information content (AvgIpc) is 2.53. The van der Waals surface area contributed by atoms with E-state index in [4.69, 9.17) is 9.84 Å². The fourth-order valence-electron chi connectivity index (χ4n) is 1.96. The molecule has 0 fully saturated rings. The zero-order valence-corrected chi connectivity index (χ0v) is 14.1. The number of nitrogens with zero attached hydrogens (tertiary/aromatic N) is 1. The third-order valence-electron chi connectivity index (χ3n) is 3.31. The molecule has 7 heteroatoms. The first kappa shape index (κ1) is 19.5. The van der Waals surface area contributed by atoms with Crippen molar-refractivity contribution < 1.29 is 24.2 Å². The highest BCUT2D eigenvalue weighted by Crippen LogP contribution is 2.12. The molecule has 0 aliphatic heterocycles. The van der Waals surface area contributed by atoms with Gasteiger partial charge in [-0.1, -0.05) is 12.1 Å². The summed E-state index contributed by atoms with van der Waals surface area (Å²) in [5.74, 6) is -0.569. The second-order valence-electron chi connectivity index (χ2n) is 5.57. The molecular formula is C17H24N2O5. The van der Waals surface area contributed by atoms with Gasteiger partial charge in [0.05, 0.1) is 0 Å². The Hall–Kier alpha value is -2.57. The van der Waals surface area contributed by atoms with Gasteiger partial charge in [0.25, 0.3) is 0 Å². The van der Waals surface area contributed by atoms with Gasteiger partial charge in [0.1, 0.15) is 5.75 Å². The smallest absolute Gasteiger partial charge is 0.341 e. The van der Waals surface area contributed by atoms with E-state index in [1.807, 2.05) is 12.1 Å². The summed E-state index contributed by atoms with van der Waals surface area (Å²) in [7, 11) is 3.39. The fraction of sp³-hybridized carbons (Fsp3) is 0.471. The molecule has 0 unspecified atom stereocenters. The highest BCUT2D eigenvalue weighted by Gasteiger charge is 2.06. The van der Waals surface area contributed by atoms with Gasteiger partial charge in [-0.15, -0.1) is 0 Å². The number of hydrogen-bond donors (Lipinski definition) is 2. The predicted molar refractivity (Wildman–Crippen MR) is 88.8 cm³/mol. The monoisotopic (exact) mass is 336 g/mol. The van der Waals surface area contributed by atoms with E-state index in [0.29, 0.717) is 38.0 Å². The molecule has 0 aromatic heterocycles. The van der Waals surface area contributed by atoms with E-state index in [0.717, 1.165) is 5.56 Å². The van der Waals surface area contributed by atoms with E-state index in [1.165, 1.54) is 4.90 Å². The lowest BCUT2D eigenvalue weighted by Gasteiger charge is -2.10. The Balaban J connectivity index is 2.21. The van der Waals surface area contributed by atoms with Crippen LogP contribution in [-0.2, 0) is 20.8 Å². The lowest BCUT2D eigenvalue weighted by atomic mass is 10.1. The van der Waals surface area contributed by atoms with Gasteiger partial charge in [-0.2, -0.15) is 0 Å². The molecule has 132 valence electrons. The zero-order valence-electron chi connectivity index (χ0n) is 14.1. The van der Waals surface area contributed by atoms with Crippen molar-refractivity contribution in [1.29, 1.82) is 0 Å². The first-order chi connectivity index (χ1) is 11.4. The number of ether oxygens (including phenoxy) is 1. The number of carboxylic acids is 1. The number of hydrogen-bond acceptors (Lipinski definition) is 4. The summed E-state index contributed by atoms with van der Waals surface area (Å²) in [4.78, 5) is 35.0. The van der Waals surface area contributed by atoms with Crippen LogP contribution in [0.3, 0.4) is 0 Å². The topological polar surface area (TPSA) is 95.9 Å². The van der Waals surface area contributed by atoms with Crippen molar-refractivity contribution in [2.24, 2.45) is 0 Å². The van der Waals surface area contributed by atoms with Crippen molar-refractivity contribution in [3.05, 3.63) is 29.8 Å². The van der Waals surface area contributed by atoms with Crippen molar-refractivity contribution in [2.75, 3.05) is 27.2 Å². The maximum Gasteiger partial charge on any atom is 0.341 e. The SMILES string of the molecule is CN(C)C(=O)CCCC(=O)NCCc1ccc(OCC(=O)O)cc1. The summed E-state index contributed by atoms with van der Waals surface area (Å²) in [5, 5.41) is 11.3. The van der Waals surface area contributed by atoms with Gasteiger partial charge < -0.3 is 20.1 Å².